The first-order chi connectivity index (χ1) is 8.50. The zero-order valence-electron chi connectivity index (χ0n) is 11.0. The Morgan fingerprint density at radius 1 is 1.33 bits per heavy atom. The number of H-pyrrole nitrogens is 1. The highest BCUT2D eigenvalue weighted by atomic mass is 16.5. The van der Waals surface area contributed by atoms with Crippen LogP contribution in [0.3, 0.4) is 0 Å². The molecule has 1 heterocycles. The van der Waals surface area contributed by atoms with E-state index in [1.54, 1.807) is 7.11 Å². The fourth-order valence-corrected chi connectivity index (χ4v) is 1.90. The molecule has 4 heteroatoms. The van der Waals surface area contributed by atoms with Crippen molar-refractivity contribution in [2.24, 2.45) is 0 Å². The van der Waals surface area contributed by atoms with E-state index < -0.39 is 0 Å². The van der Waals surface area contributed by atoms with Crippen LogP contribution >= 0.6 is 0 Å². The highest BCUT2D eigenvalue weighted by molar-refractivity contribution is 5.62. The summed E-state index contributed by atoms with van der Waals surface area (Å²) in [4.78, 5) is 0. The van der Waals surface area contributed by atoms with E-state index >= 15 is 0 Å². The zero-order valence-corrected chi connectivity index (χ0v) is 11.0. The van der Waals surface area contributed by atoms with Gasteiger partial charge in [-0.25, -0.2) is 0 Å². The highest BCUT2D eigenvalue weighted by Crippen LogP contribution is 2.22. The molecule has 0 aliphatic carbocycles. The Labute approximate surface area is 107 Å². The van der Waals surface area contributed by atoms with E-state index in [0.29, 0.717) is 5.82 Å². The minimum Gasteiger partial charge on any atom is -0.382 e. The molecule has 1 aromatic heterocycles. The number of nitrogens with two attached hydrogens (primary N) is 1. The first-order valence-corrected chi connectivity index (χ1v) is 5.95. The molecule has 0 atom stereocenters. The predicted molar refractivity (Wildman–Crippen MR) is 73.2 cm³/mol. The molecule has 4 nitrogen and oxygen atoms in total. The fraction of sp³-hybridized carbons (Fsp3) is 0.357. The maximum Gasteiger partial charge on any atom is 0.145 e. The van der Waals surface area contributed by atoms with Crippen LogP contribution in [0.4, 0.5) is 5.82 Å². The Hall–Kier alpha value is -1.81. The average molecular weight is 245 g/mol. The number of nitrogens with zero attached hydrogens (tertiary/aromatic N) is 1. The standard InChI is InChI=1S/C14H19N3O/c1-14(2,18-3)9-10-5-4-6-11(7-10)12-8-13(15)17-16-12/h4-8H,9H2,1-3H3,(H3,15,16,17). The van der Waals surface area contributed by atoms with E-state index in [4.69, 9.17) is 10.5 Å². The second kappa shape index (κ2) is 4.82. The van der Waals surface area contributed by atoms with Gasteiger partial charge >= 0.3 is 0 Å². The first-order valence-electron chi connectivity index (χ1n) is 5.95. The lowest BCUT2D eigenvalue weighted by molar-refractivity contribution is 0.0232. The molecule has 0 saturated heterocycles. The van der Waals surface area contributed by atoms with Crippen molar-refractivity contribution in [1.82, 2.24) is 10.2 Å². The van der Waals surface area contributed by atoms with Gasteiger partial charge < -0.3 is 10.5 Å². The normalized spacial score (nSPS) is 11.7. The van der Waals surface area contributed by atoms with Crippen LogP contribution in [0.15, 0.2) is 30.3 Å². The molecule has 0 radical (unpaired) electrons. The summed E-state index contributed by atoms with van der Waals surface area (Å²) < 4.78 is 5.45. The number of ether oxygens (including phenoxy) is 1. The van der Waals surface area contributed by atoms with Gasteiger partial charge in [0.1, 0.15) is 5.82 Å². The predicted octanol–water partition coefficient (Wildman–Crippen LogP) is 2.63. The van der Waals surface area contributed by atoms with E-state index in [-0.39, 0.29) is 5.60 Å². The lowest BCUT2D eigenvalue weighted by Crippen LogP contribution is -2.25. The molecule has 0 spiro atoms. The number of methoxy groups -OCH3 is 1. The summed E-state index contributed by atoms with van der Waals surface area (Å²) in [7, 11) is 1.74. The van der Waals surface area contributed by atoms with E-state index in [2.05, 4.69) is 36.2 Å². The number of benzene rings is 1. The summed E-state index contributed by atoms with van der Waals surface area (Å²) in [6, 6.07) is 10.1. The molecule has 0 unspecified atom stereocenters. The summed E-state index contributed by atoms with van der Waals surface area (Å²) >= 11 is 0. The lowest BCUT2D eigenvalue weighted by Gasteiger charge is -2.23. The third-order valence-electron chi connectivity index (χ3n) is 3.02. The minimum atomic E-state index is -0.161. The molecule has 0 aliphatic rings. The van der Waals surface area contributed by atoms with Gasteiger partial charge in [-0.1, -0.05) is 18.2 Å². The van der Waals surface area contributed by atoms with Crippen LogP contribution in [0.1, 0.15) is 19.4 Å². The van der Waals surface area contributed by atoms with Gasteiger partial charge in [0.15, 0.2) is 0 Å². The summed E-state index contributed by atoms with van der Waals surface area (Å²) in [5, 5.41) is 6.86. The molecular formula is C14H19N3O. The highest BCUT2D eigenvalue weighted by Gasteiger charge is 2.17. The molecule has 2 aromatic rings. The van der Waals surface area contributed by atoms with Crippen LogP contribution in [0, 0.1) is 0 Å². The Morgan fingerprint density at radius 2 is 2.11 bits per heavy atom. The van der Waals surface area contributed by atoms with Crippen LogP contribution in [-0.2, 0) is 11.2 Å². The largest absolute Gasteiger partial charge is 0.382 e. The number of aromatic nitrogens is 2. The Kier molecular flexibility index (Phi) is 3.39. The van der Waals surface area contributed by atoms with Crippen LogP contribution in [0.25, 0.3) is 11.3 Å². The monoisotopic (exact) mass is 245 g/mol. The maximum absolute atomic E-state index is 5.61. The number of hydrogen-bond acceptors (Lipinski definition) is 3. The van der Waals surface area contributed by atoms with Gasteiger partial charge in [-0.2, -0.15) is 5.10 Å². The second-order valence-corrected chi connectivity index (χ2v) is 5.05. The lowest BCUT2D eigenvalue weighted by atomic mass is 9.96. The zero-order chi connectivity index (χ0) is 13.2. The minimum absolute atomic E-state index is 0.161. The number of anilines is 1. The van der Waals surface area contributed by atoms with Crippen LogP contribution in [0.5, 0.6) is 0 Å². The first kappa shape index (κ1) is 12.6. The van der Waals surface area contributed by atoms with E-state index in [0.717, 1.165) is 17.7 Å². The van der Waals surface area contributed by atoms with Crippen molar-refractivity contribution in [3.63, 3.8) is 0 Å². The van der Waals surface area contributed by atoms with Crippen molar-refractivity contribution >= 4 is 5.82 Å². The summed E-state index contributed by atoms with van der Waals surface area (Å²) in [6.45, 7) is 4.15. The van der Waals surface area contributed by atoms with Gasteiger partial charge in [0, 0.05) is 19.6 Å². The van der Waals surface area contributed by atoms with Gasteiger partial charge in [-0.05, 0) is 31.0 Å². The van der Waals surface area contributed by atoms with E-state index in [1.807, 2.05) is 18.2 Å². The Balaban J connectivity index is 2.25. The van der Waals surface area contributed by atoms with Crippen LogP contribution in [0.2, 0.25) is 0 Å². The molecule has 0 fully saturated rings. The van der Waals surface area contributed by atoms with E-state index in [1.165, 1.54) is 5.56 Å². The molecule has 0 bridgehead atoms. The number of aromatic amines is 1. The Bertz CT molecular complexity index is 531. The smallest absolute Gasteiger partial charge is 0.145 e. The van der Waals surface area contributed by atoms with E-state index in [9.17, 15) is 0 Å². The number of hydrogen-bond donors (Lipinski definition) is 2. The number of rotatable bonds is 4. The van der Waals surface area contributed by atoms with Gasteiger partial charge in [-0.15, -0.1) is 0 Å². The van der Waals surface area contributed by atoms with Crippen molar-refractivity contribution in [2.45, 2.75) is 25.9 Å². The summed E-state index contributed by atoms with van der Waals surface area (Å²) in [5.74, 6) is 0.507. The van der Waals surface area contributed by atoms with Crippen molar-refractivity contribution in [3.05, 3.63) is 35.9 Å². The molecular weight excluding hydrogens is 226 g/mol. The fourth-order valence-electron chi connectivity index (χ4n) is 1.90. The molecule has 3 N–H and O–H groups in total. The van der Waals surface area contributed by atoms with Crippen molar-refractivity contribution in [2.75, 3.05) is 12.8 Å². The average Bonchev–Trinajstić information content (AvgIpc) is 2.76. The molecule has 2 rings (SSSR count). The van der Waals surface area contributed by atoms with Crippen LogP contribution in [-0.4, -0.2) is 22.9 Å². The topological polar surface area (TPSA) is 63.9 Å². The van der Waals surface area contributed by atoms with Gasteiger partial charge in [-0.3, -0.25) is 5.10 Å². The maximum atomic E-state index is 5.61. The molecule has 96 valence electrons. The van der Waals surface area contributed by atoms with Crippen LogP contribution < -0.4 is 5.73 Å². The molecule has 1 aromatic carbocycles. The summed E-state index contributed by atoms with van der Waals surface area (Å²) in [6.07, 6.45) is 0.862. The van der Waals surface area contributed by atoms with Crippen molar-refractivity contribution < 1.29 is 4.74 Å². The van der Waals surface area contributed by atoms with Gasteiger partial charge in [0.25, 0.3) is 0 Å². The van der Waals surface area contributed by atoms with Crippen molar-refractivity contribution in [1.29, 1.82) is 0 Å². The molecule has 18 heavy (non-hydrogen) atoms. The van der Waals surface area contributed by atoms with Gasteiger partial charge in [0.05, 0.1) is 11.3 Å². The molecule has 0 aliphatic heterocycles. The Morgan fingerprint density at radius 3 is 2.72 bits per heavy atom. The number of nitrogen functional groups attached to an aromatic ring is 1. The molecule has 0 saturated carbocycles. The molecule has 0 amide bonds. The van der Waals surface area contributed by atoms with Gasteiger partial charge in [0.2, 0.25) is 0 Å². The second-order valence-electron chi connectivity index (χ2n) is 5.05. The SMILES string of the molecule is COC(C)(C)Cc1cccc(-c2cc(N)n[nH]2)c1. The number of nitrogens with one attached hydrogen (secondary N) is 1. The third kappa shape index (κ3) is 2.90. The summed E-state index contributed by atoms with van der Waals surface area (Å²) in [5.41, 5.74) is 8.70. The third-order valence-corrected chi connectivity index (χ3v) is 3.02. The van der Waals surface area contributed by atoms with Crippen molar-refractivity contribution in [3.8, 4) is 11.3 Å². The quantitative estimate of drug-likeness (QED) is 0.870.